The lowest BCUT2D eigenvalue weighted by atomic mass is 10.1. The summed E-state index contributed by atoms with van der Waals surface area (Å²) in [5.74, 6) is 0.0215. The van der Waals surface area contributed by atoms with Crippen LogP contribution < -0.4 is 0 Å². The second-order valence-corrected chi connectivity index (χ2v) is 8.95. The number of halogens is 3. The summed E-state index contributed by atoms with van der Waals surface area (Å²) in [6.45, 7) is 3.16. The molecule has 1 saturated heterocycles. The van der Waals surface area contributed by atoms with Crippen LogP contribution in [0.5, 0.6) is 0 Å². The van der Waals surface area contributed by atoms with E-state index in [1.165, 1.54) is 23.5 Å². The third kappa shape index (κ3) is 4.23. The summed E-state index contributed by atoms with van der Waals surface area (Å²) in [6.07, 6.45) is -2.78. The molecular weight excluding hydrogens is 451 g/mol. The molecule has 1 amide bonds. The Morgan fingerprint density at radius 3 is 2.21 bits per heavy atom. The Kier molecular flexibility index (Phi) is 5.41. The quantitative estimate of drug-likeness (QED) is 0.441. The van der Waals surface area contributed by atoms with Crippen LogP contribution in [0.4, 0.5) is 13.2 Å². The van der Waals surface area contributed by atoms with E-state index in [4.69, 9.17) is 0 Å². The van der Waals surface area contributed by atoms with Crippen molar-refractivity contribution in [3.63, 3.8) is 0 Å². The molecule has 0 N–H and O–H groups in total. The van der Waals surface area contributed by atoms with Gasteiger partial charge in [0.25, 0.3) is 5.91 Å². The highest BCUT2D eigenvalue weighted by Crippen LogP contribution is 2.33. The molecule has 6 nitrogen and oxygen atoms in total. The number of imidazole rings is 1. The number of hydrogen-bond donors (Lipinski definition) is 0. The minimum atomic E-state index is -4.38. The molecule has 2 aromatic heterocycles. The van der Waals surface area contributed by atoms with Gasteiger partial charge in [0.2, 0.25) is 4.96 Å². The fourth-order valence-corrected chi connectivity index (χ4v) is 4.66. The van der Waals surface area contributed by atoms with Crippen LogP contribution in [0.2, 0.25) is 0 Å². The highest BCUT2D eigenvalue weighted by Gasteiger charge is 2.30. The van der Waals surface area contributed by atoms with Gasteiger partial charge in [-0.25, -0.2) is 9.50 Å². The first-order valence-corrected chi connectivity index (χ1v) is 11.2. The molecule has 5 rings (SSSR count). The highest BCUT2D eigenvalue weighted by atomic mass is 32.1. The number of alkyl halides is 3. The molecule has 33 heavy (non-hydrogen) atoms. The Labute approximate surface area is 191 Å². The van der Waals surface area contributed by atoms with Gasteiger partial charge in [0.05, 0.1) is 17.5 Å². The largest absolute Gasteiger partial charge is 0.416 e. The minimum absolute atomic E-state index is 0.0215. The zero-order valence-electron chi connectivity index (χ0n) is 17.7. The van der Waals surface area contributed by atoms with E-state index in [1.54, 1.807) is 22.8 Å². The maximum atomic E-state index is 12.9. The zero-order chi connectivity index (χ0) is 23.2. The Balaban J connectivity index is 1.38. The number of carbonyl (C=O) groups excluding carboxylic acids is 1. The van der Waals surface area contributed by atoms with Crippen molar-refractivity contribution < 1.29 is 18.0 Å². The van der Waals surface area contributed by atoms with Crippen molar-refractivity contribution >= 4 is 22.2 Å². The van der Waals surface area contributed by atoms with Crippen LogP contribution in [0.15, 0.2) is 54.7 Å². The first-order valence-electron chi connectivity index (χ1n) is 10.4. The number of likely N-dealkylation sites (N-methyl/N-ethyl adjacent to an activating group) is 1. The highest BCUT2D eigenvalue weighted by molar-refractivity contribution is 7.19. The van der Waals surface area contributed by atoms with E-state index in [0.717, 1.165) is 30.8 Å². The molecule has 0 spiro atoms. The monoisotopic (exact) mass is 471 g/mol. The summed E-state index contributed by atoms with van der Waals surface area (Å²) in [5.41, 5.74) is 2.00. The number of aromatic nitrogens is 3. The number of nitrogens with zero attached hydrogens (tertiary/aromatic N) is 5. The van der Waals surface area contributed by atoms with Crippen LogP contribution in [-0.4, -0.2) is 63.5 Å². The van der Waals surface area contributed by atoms with Crippen molar-refractivity contribution in [1.82, 2.24) is 24.4 Å². The van der Waals surface area contributed by atoms with Crippen LogP contribution in [0, 0.1) is 0 Å². The number of fused-ring (bicyclic) bond motifs is 1. The Hall–Kier alpha value is -3.24. The zero-order valence-corrected chi connectivity index (χ0v) is 18.5. The van der Waals surface area contributed by atoms with Gasteiger partial charge >= 0.3 is 6.18 Å². The molecule has 0 unspecified atom stereocenters. The second kappa shape index (κ2) is 8.27. The van der Waals surface area contributed by atoms with E-state index in [9.17, 15) is 18.0 Å². The van der Waals surface area contributed by atoms with E-state index >= 15 is 0 Å². The Bertz CT molecular complexity index is 1290. The van der Waals surface area contributed by atoms with Crippen molar-refractivity contribution in [2.45, 2.75) is 6.18 Å². The SMILES string of the molecule is CN1CCN(C(=O)c2ccc(-c3nn4c(-c5ccc(C(F)(F)F)cc5)cnc4s3)cc2)CC1. The molecule has 2 aromatic carbocycles. The molecular formula is C23H20F3N5OS. The molecule has 0 radical (unpaired) electrons. The number of amides is 1. The summed E-state index contributed by atoms with van der Waals surface area (Å²) < 4.78 is 40.2. The third-order valence-electron chi connectivity index (χ3n) is 5.76. The molecule has 0 bridgehead atoms. The number of rotatable bonds is 3. The van der Waals surface area contributed by atoms with Crippen molar-refractivity contribution in [2.75, 3.05) is 33.2 Å². The van der Waals surface area contributed by atoms with Gasteiger partial charge in [-0.1, -0.05) is 35.6 Å². The van der Waals surface area contributed by atoms with Gasteiger partial charge in [-0.05, 0) is 31.3 Å². The lowest BCUT2D eigenvalue weighted by Gasteiger charge is -2.32. The molecule has 0 saturated carbocycles. The fraction of sp³-hybridized carbons (Fsp3) is 0.261. The standard InChI is InChI=1S/C23H20F3N5OS/c1-29-10-12-30(13-11-29)21(32)17-4-2-16(3-5-17)20-28-31-19(14-27-22(31)33-20)15-6-8-18(9-7-15)23(24,25)26/h2-9,14H,10-13H2,1H3. The van der Waals surface area contributed by atoms with Gasteiger partial charge in [-0.3, -0.25) is 4.79 Å². The first kappa shape index (κ1) is 21.6. The predicted molar refractivity (Wildman–Crippen MR) is 120 cm³/mol. The summed E-state index contributed by atoms with van der Waals surface area (Å²) in [7, 11) is 2.05. The molecule has 0 aliphatic carbocycles. The van der Waals surface area contributed by atoms with Crippen LogP contribution in [0.3, 0.4) is 0 Å². The normalized spacial score (nSPS) is 15.3. The average Bonchev–Trinajstić information content (AvgIpc) is 3.40. The maximum absolute atomic E-state index is 12.9. The van der Waals surface area contributed by atoms with Crippen molar-refractivity contribution in [3.8, 4) is 21.8 Å². The van der Waals surface area contributed by atoms with E-state index < -0.39 is 11.7 Å². The lowest BCUT2D eigenvalue weighted by Crippen LogP contribution is -2.47. The van der Waals surface area contributed by atoms with Crippen LogP contribution >= 0.6 is 11.3 Å². The van der Waals surface area contributed by atoms with Crippen LogP contribution in [0.25, 0.3) is 26.8 Å². The number of carbonyl (C=O) groups is 1. The van der Waals surface area contributed by atoms with Crippen molar-refractivity contribution in [2.24, 2.45) is 0 Å². The van der Waals surface area contributed by atoms with Crippen LogP contribution in [0.1, 0.15) is 15.9 Å². The topological polar surface area (TPSA) is 53.7 Å². The first-order chi connectivity index (χ1) is 15.8. The summed E-state index contributed by atoms with van der Waals surface area (Å²) in [6, 6.07) is 12.3. The molecule has 170 valence electrons. The van der Waals surface area contributed by atoms with E-state index in [1.807, 2.05) is 24.1 Å². The third-order valence-corrected chi connectivity index (χ3v) is 6.73. The molecule has 10 heteroatoms. The van der Waals surface area contributed by atoms with Gasteiger partial charge < -0.3 is 9.80 Å². The number of hydrogen-bond acceptors (Lipinski definition) is 5. The molecule has 0 atom stereocenters. The van der Waals surface area contributed by atoms with Gasteiger partial charge in [-0.2, -0.15) is 18.3 Å². The van der Waals surface area contributed by atoms with E-state index in [-0.39, 0.29) is 5.91 Å². The summed E-state index contributed by atoms with van der Waals surface area (Å²) in [4.78, 5) is 21.8. The van der Waals surface area contributed by atoms with Crippen LogP contribution in [-0.2, 0) is 6.18 Å². The predicted octanol–water partition coefficient (Wildman–Crippen LogP) is 4.53. The van der Waals surface area contributed by atoms with Gasteiger partial charge in [0, 0.05) is 42.9 Å². The molecule has 1 aliphatic rings. The van der Waals surface area contributed by atoms with Crippen molar-refractivity contribution in [3.05, 3.63) is 65.9 Å². The van der Waals surface area contributed by atoms with Gasteiger partial charge in [0.15, 0.2) is 0 Å². The summed E-state index contributed by atoms with van der Waals surface area (Å²) >= 11 is 1.38. The van der Waals surface area contributed by atoms with Gasteiger partial charge in [-0.15, -0.1) is 0 Å². The van der Waals surface area contributed by atoms with E-state index in [0.29, 0.717) is 39.9 Å². The number of benzene rings is 2. The lowest BCUT2D eigenvalue weighted by molar-refractivity contribution is -0.137. The smallest absolute Gasteiger partial charge is 0.336 e. The second-order valence-electron chi connectivity index (χ2n) is 7.99. The Morgan fingerprint density at radius 2 is 1.58 bits per heavy atom. The number of piperazine rings is 1. The molecule has 4 aromatic rings. The van der Waals surface area contributed by atoms with Gasteiger partial charge in [0.1, 0.15) is 5.01 Å². The molecule has 1 fully saturated rings. The minimum Gasteiger partial charge on any atom is -0.336 e. The average molecular weight is 472 g/mol. The van der Waals surface area contributed by atoms with Crippen molar-refractivity contribution in [1.29, 1.82) is 0 Å². The Morgan fingerprint density at radius 1 is 0.939 bits per heavy atom. The molecule has 3 heterocycles. The fourth-order valence-electron chi connectivity index (χ4n) is 3.78. The maximum Gasteiger partial charge on any atom is 0.416 e. The van der Waals surface area contributed by atoms with E-state index in [2.05, 4.69) is 15.0 Å². The summed E-state index contributed by atoms with van der Waals surface area (Å²) in [5, 5.41) is 5.33. The molecule has 1 aliphatic heterocycles.